The van der Waals surface area contributed by atoms with Crippen molar-refractivity contribution >= 4 is 5.91 Å². The first-order valence-corrected chi connectivity index (χ1v) is 11.8. The summed E-state index contributed by atoms with van der Waals surface area (Å²) in [7, 11) is 0. The summed E-state index contributed by atoms with van der Waals surface area (Å²) in [5.41, 5.74) is 2.99. The van der Waals surface area contributed by atoms with Gasteiger partial charge in [-0.15, -0.1) is 13.2 Å². The fraction of sp³-hybridized carbons (Fsp3) is 0.500. The summed E-state index contributed by atoms with van der Waals surface area (Å²) >= 11 is 0. The first kappa shape index (κ1) is 24.5. The number of ether oxygens (including phenoxy) is 2. The molecule has 8 heteroatoms. The van der Waals surface area contributed by atoms with E-state index in [-0.39, 0.29) is 23.9 Å². The molecule has 1 amide bonds. The van der Waals surface area contributed by atoms with Crippen LogP contribution < -0.4 is 4.74 Å². The SMILES string of the molecule is Cc1c(C(=O)N2CCC(N3C[C@H](C)O[C@@H](C)C3)CC2)cccc1-c1ccc(OC(F)(F)F)cc1. The number of halogens is 3. The van der Waals surface area contributed by atoms with Crippen molar-refractivity contribution in [1.29, 1.82) is 0 Å². The third kappa shape index (κ3) is 5.73. The van der Waals surface area contributed by atoms with Gasteiger partial charge in [-0.3, -0.25) is 9.69 Å². The molecule has 2 aromatic rings. The van der Waals surface area contributed by atoms with E-state index in [4.69, 9.17) is 4.74 Å². The number of hydrogen-bond acceptors (Lipinski definition) is 4. The van der Waals surface area contributed by atoms with Crippen molar-refractivity contribution in [3.05, 3.63) is 53.6 Å². The third-order valence-electron chi connectivity index (χ3n) is 6.68. The smallest absolute Gasteiger partial charge is 0.406 e. The lowest BCUT2D eigenvalue weighted by molar-refractivity contribution is -0.274. The van der Waals surface area contributed by atoms with Gasteiger partial charge in [0.05, 0.1) is 12.2 Å². The Kier molecular flexibility index (Phi) is 7.19. The minimum Gasteiger partial charge on any atom is -0.406 e. The molecule has 2 atom stereocenters. The highest BCUT2D eigenvalue weighted by Crippen LogP contribution is 2.30. The lowest BCUT2D eigenvalue weighted by atomic mass is 9.94. The second-order valence-corrected chi connectivity index (χ2v) is 9.28. The summed E-state index contributed by atoms with van der Waals surface area (Å²) in [6.07, 6.45) is -2.41. The molecule has 0 spiro atoms. The van der Waals surface area contributed by atoms with Gasteiger partial charge in [0.25, 0.3) is 5.91 Å². The topological polar surface area (TPSA) is 42.0 Å². The lowest BCUT2D eigenvalue weighted by Gasteiger charge is -2.43. The van der Waals surface area contributed by atoms with E-state index in [1.165, 1.54) is 12.1 Å². The minimum absolute atomic E-state index is 0.00135. The Bertz CT molecular complexity index is 991. The number of rotatable bonds is 4. The maximum atomic E-state index is 13.3. The number of amides is 1. The number of hydrogen-bond donors (Lipinski definition) is 0. The highest BCUT2D eigenvalue weighted by atomic mass is 19.4. The van der Waals surface area contributed by atoms with E-state index >= 15 is 0 Å². The number of morpholine rings is 1. The van der Waals surface area contributed by atoms with Crippen LogP contribution >= 0.6 is 0 Å². The molecule has 0 aromatic heterocycles. The van der Waals surface area contributed by atoms with E-state index in [0.29, 0.717) is 24.7 Å². The predicted octanol–water partition coefficient (Wildman–Crippen LogP) is 5.27. The Morgan fingerprint density at radius 3 is 2.21 bits per heavy atom. The summed E-state index contributed by atoms with van der Waals surface area (Å²) in [6.45, 7) is 9.36. The Morgan fingerprint density at radius 2 is 1.62 bits per heavy atom. The summed E-state index contributed by atoms with van der Waals surface area (Å²) in [5, 5.41) is 0. The molecule has 2 aliphatic heterocycles. The molecule has 2 aromatic carbocycles. The number of carbonyl (C=O) groups excluding carboxylic acids is 1. The predicted molar refractivity (Wildman–Crippen MR) is 124 cm³/mol. The fourth-order valence-electron chi connectivity index (χ4n) is 5.14. The van der Waals surface area contributed by atoms with Gasteiger partial charge in [-0.05, 0) is 68.5 Å². The van der Waals surface area contributed by atoms with Gasteiger partial charge in [0.2, 0.25) is 0 Å². The average molecular weight is 477 g/mol. The lowest BCUT2D eigenvalue weighted by Crippen LogP contribution is -2.53. The summed E-state index contributed by atoms with van der Waals surface area (Å²) in [6, 6.07) is 11.7. The molecule has 0 unspecified atom stereocenters. The van der Waals surface area contributed by atoms with Crippen LogP contribution in [-0.4, -0.2) is 66.5 Å². The van der Waals surface area contributed by atoms with Crippen LogP contribution in [0.2, 0.25) is 0 Å². The highest BCUT2D eigenvalue weighted by molar-refractivity contribution is 5.97. The van der Waals surface area contributed by atoms with Crippen molar-refractivity contribution in [2.24, 2.45) is 0 Å². The third-order valence-corrected chi connectivity index (χ3v) is 6.68. The zero-order valence-electron chi connectivity index (χ0n) is 19.8. The van der Waals surface area contributed by atoms with E-state index in [9.17, 15) is 18.0 Å². The van der Waals surface area contributed by atoms with Crippen LogP contribution in [0.1, 0.15) is 42.6 Å². The molecule has 5 nitrogen and oxygen atoms in total. The molecule has 2 fully saturated rings. The molecular weight excluding hydrogens is 445 g/mol. The van der Waals surface area contributed by atoms with Crippen molar-refractivity contribution in [3.63, 3.8) is 0 Å². The number of alkyl halides is 3. The summed E-state index contributed by atoms with van der Waals surface area (Å²) in [5.74, 6) is -0.272. The van der Waals surface area contributed by atoms with Crippen LogP contribution in [0.4, 0.5) is 13.2 Å². The maximum absolute atomic E-state index is 13.3. The number of carbonyl (C=O) groups is 1. The van der Waals surface area contributed by atoms with E-state index in [1.807, 2.05) is 30.0 Å². The number of likely N-dealkylation sites (tertiary alicyclic amines) is 1. The minimum atomic E-state index is -4.73. The van der Waals surface area contributed by atoms with Gasteiger partial charge >= 0.3 is 6.36 Å². The van der Waals surface area contributed by atoms with Crippen molar-refractivity contribution in [2.75, 3.05) is 26.2 Å². The second kappa shape index (κ2) is 9.96. The molecule has 2 aliphatic rings. The number of benzene rings is 2. The molecule has 2 saturated heterocycles. The van der Waals surface area contributed by atoms with Gasteiger partial charge in [0.15, 0.2) is 0 Å². The van der Waals surface area contributed by atoms with Gasteiger partial charge in [-0.1, -0.05) is 24.3 Å². The normalized spacial score (nSPS) is 22.6. The molecule has 0 saturated carbocycles. The van der Waals surface area contributed by atoms with Crippen LogP contribution in [-0.2, 0) is 4.74 Å². The van der Waals surface area contributed by atoms with Crippen LogP contribution in [0.15, 0.2) is 42.5 Å². The van der Waals surface area contributed by atoms with Gasteiger partial charge in [0, 0.05) is 37.8 Å². The van der Waals surface area contributed by atoms with E-state index in [0.717, 1.165) is 42.6 Å². The molecule has 184 valence electrons. The molecule has 4 rings (SSSR count). The van der Waals surface area contributed by atoms with Crippen molar-refractivity contribution < 1.29 is 27.4 Å². The van der Waals surface area contributed by atoms with Crippen LogP contribution in [0.3, 0.4) is 0 Å². The Morgan fingerprint density at radius 1 is 1.00 bits per heavy atom. The van der Waals surface area contributed by atoms with Gasteiger partial charge in [-0.2, -0.15) is 0 Å². The highest BCUT2D eigenvalue weighted by Gasteiger charge is 2.33. The average Bonchev–Trinajstić information content (AvgIpc) is 2.78. The summed E-state index contributed by atoms with van der Waals surface area (Å²) < 4.78 is 47.1. The largest absolute Gasteiger partial charge is 0.573 e. The number of nitrogens with zero attached hydrogens (tertiary/aromatic N) is 2. The van der Waals surface area contributed by atoms with Crippen molar-refractivity contribution in [1.82, 2.24) is 9.80 Å². The van der Waals surface area contributed by atoms with Crippen LogP contribution in [0.25, 0.3) is 11.1 Å². The first-order chi connectivity index (χ1) is 16.1. The molecule has 0 radical (unpaired) electrons. The maximum Gasteiger partial charge on any atom is 0.573 e. The Labute approximate surface area is 198 Å². The zero-order chi connectivity index (χ0) is 24.5. The molecule has 0 bridgehead atoms. The molecule has 0 N–H and O–H groups in total. The zero-order valence-corrected chi connectivity index (χ0v) is 19.8. The fourth-order valence-corrected chi connectivity index (χ4v) is 5.14. The Hall–Kier alpha value is -2.58. The van der Waals surface area contributed by atoms with Crippen LogP contribution in [0, 0.1) is 6.92 Å². The molecule has 34 heavy (non-hydrogen) atoms. The standard InChI is InChI=1S/C26H31F3N2O3/c1-17-15-31(16-18(2)33-17)21-11-13-30(14-12-21)25(32)24-6-4-5-23(19(24)3)20-7-9-22(10-8-20)34-26(27,28)29/h4-10,17-18,21H,11-16H2,1-3H3/t17-,18-/m0/s1. The quantitative estimate of drug-likeness (QED) is 0.603. The molecular formula is C26H31F3N2O3. The second-order valence-electron chi connectivity index (χ2n) is 9.28. The van der Waals surface area contributed by atoms with Gasteiger partial charge < -0.3 is 14.4 Å². The van der Waals surface area contributed by atoms with Crippen molar-refractivity contribution in [2.45, 2.75) is 58.2 Å². The van der Waals surface area contributed by atoms with Gasteiger partial charge in [0.1, 0.15) is 5.75 Å². The Balaban J connectivity index is 1.43. The first-order valence-electron chi connectivity index (χ1n) is 11.8. The monoisotopic (exact) mass is 476 g/mol. The summed E-state index contributed by atoms with van der Waals surface area (Å²) in [4.78, 5) is 17.8. The van der Waals surface area contributed by atoms with E-state index in [2.05, 4.69) is 23.5 Å². The van der Waals surface area contributed by atoms with E-state index < -0.39 is 6.36 Å². The molecule has 0 aliphatic carbocycles. The van der Waals surface area contributed by atoms with Crippen molar-refractivity contribution in [3.8, 4) is 16.9 Å². The number of piperidine rings is 1. The van der Waals surface area contributed by atoms with Crippen LogP contribution in [0.5, 0.6) is 5.75 Å². The molecule has 2 heterocycles. The van der Waals surface area contributed by atoms with Gasteiger partial charge in [-0.25, -0.2) is 0 Å². The van der Waals surface area contributed by atoms with E-state index in [1.54, 1.807) is 12.1 Å².